The van der Waals surface area contributed by atoms with Crippen LogP contribution in [0.4, 0.5) is 0 Å². The van der Waals surface area contributed by atoms with E-state index in [9.17, 15) is 5.11 Å². The van der Waals surface area contributed by atoms with Crippen molar-refractivity contribution in [3.63, 3.8) is 0 Å². The summed E-state index contributed by atoms with van der Waals surface area (Å²) in [5, 5.41) is 12.8. The number of hydrogen-bond donors (Lipinski definition) is 1. The van der Waals surface area contributed by atoms with Crippen molar-refractivity contribution in [2.45, 2.75) is 51.6 Å². The number of aromatic nitrogens is 2. The predicted molar refractivity (Wildman–Crippen MR) is 97.4 cm³/mol. The molecule has 0 bridgehead atoms. The highest BCUT2D eigenvalue weighted by molar-refractivity contribution is 7.10. The number of halogens is 1. The van der Waals surface area contributed by atoms with Gasteiger partial charge in [0.25, 0.3) is 0 Å². The summed E-state index contributed by atoms with van der Waals surface area (Å²) in [6.45, 7) is 7.32. The maximum atomic E-state index is 10.4. The predicted octanol–water partition coefficient (Wildman–Crippen LogP) is 4.80. The van der Waals surface area contributed by atoms with Crippen LogP contribution in [-0.2, 0) is 11.0 Å². The molecule has 0 spiro atoms. The second-order valence-electron chi connectivity index (χ2n) is 6.18. The van der Waals surface area contributed by atoms with E-state index >= 15 is 0 Å². The monoisotopic (exact) mass is 370 g/mol. The molecule has 23 heavy (non-hydrogen) atoms. The molecule has 1 unspecified atom stereocenters. The third-order valence-corrected chi connectivity index (χ3v) is 7.52. The average molecular weight is 371 g/mol. The summed E-state index contributed by atoms with van der Waals surface area (Å²) in [4.78, 5) is 8.66. The van der Waals surface area contributed by atoms with Gasteiger partial charge in [-0.2, -0.15) is 0 Å². The molecule has 0 aromatic carbocycles. The van der Waals surface area contributed by atoms with Gasteiger partial charge in [-0.1, -0.05) is 31.4 Å². The first-order valence-electron chi connectivity index (χ1n) is 7.77. The van der Waals surface area contributed by atoms with E-state index in [2.05, 4.69) is 30.0 Å². The number of aliphatic hydroxyl groups is 1. The molecule has 0 fully saturated rings. The lowest BCUT2D eigenvalue weighted by atomic mass is 10.1. The van der Waals surface area contributed by atoms with Crippen LogP contribution in [0.15, 0.2) is 24.0 Å². The molecule has 0 saturated heterocycles. The molecule has 1 N–H and O–H groups in total. The van der Waals surface area contributed by atoms with Gasteiger partial charge in [0.2, 0.25) is 0 Å². The zero-order chi connectivity index (χ0) is 16.9. The molecular weight excluding hydrogens is 348 g/mol. The normalized spacial score (nSPS) is 13.3. The van der Waals surface area contributed by atoms with Crippen molar-refractivity contribution in [2.24, 2.45) is 0 Å². The van der Waals surface area contributed by atoms with Crippen molar-refractivity contribution in [3.8, 4) is 0 Å². The van der Waals surface area contributed by atoms with E-state index in [0.717, 1.165) is 10.4 Å². The van der Waals surface area contributed by atoms with Crippen LogP contribution in [0.5, 0.6) is 0 Å². The Morgan fingerprint density at radius 2 is 2.22 bits per heavy atom. The molecule has 126 valence electrons. The number of unbranched alkanes of at least 4 members (excludes halogenated alkanes) is 1. The van der Waals surface area contributed by atoms with Crippen LogP contribution >= 0.6 is 22.9 Å². The molecule has 2 aromatic rings. The Kier molecular flexibility index (Phi) is 6.73. The van der Waals surface area contributed by atoms with Gasteiger partial charge in [0, 0.05) is 16.6 Å². The third-order valence-electron chi connectivity index (χ3n) is 3.69. The Morgan fingerprint density at radius 1 is 1.43 bits per heavy atom. The molecule has 0 aliphatic heterocycles. The number of aliphatic hydroxyl groups excluding tert-OH is 1. The van der Waals surface area contributed by atoms with E-state index in [-0.39, 0.29) is 5.15 Å². The summed E-state index contributed by atoms with van der Waals surface area (Å²) < 4.78 is 6.15. The zero-order valence-corrected chi connectivity index (χ0v) is 16.3. The fourth-order valence-corrected chi connectivity index (χ4v) is 5.23. The molecule has 0 radical (unpaired) electrons. The highest BCUT2D eigenvalue weighted by Gasteiger charge is 2.22. The van der Waals surface area contributed by atoms with Crippen LogP contribution in [0.2, 0.25) is 24.3 Å². The van der Waals surface area contributed by atoms with Gasteiger partial charge < -0.3 is 9.53 Å². The maximum absolute atomic E-state index is 10.4. The number of rotatable bonds is 8. The van der Waals surface area contributed by atoms with Crippen LogP contribution in [0, 0.1) is 0 Å². The van der Waals surface area contributed by atoms with Crippen molar-refractivity contribution < 1.29 is 9.53 Å². The van der Waals surface area contributed by atoms with E-state index in [1.165, 1.54) is 36.5 Å². The van der Waals surface area contributed by atoms with Crippen LogP contribution in [-0.4, -0.2) is 23.4 Å². The second-order valence-corrected chi connectivity index (χ2v) is 11.8. The van der Waals surface area contributed by atoms with Crippen molar-refractivity contribution in [1.29, 1.82) is 0 Å². The number of hydrogen-bond acceptors (Lipinski definition) is 5. The average Bonchev–Trinajstić information content (AvgIpc) is 3.00. The summed E-state index contributed by atoms with van der Waals surface area (Å²) in [6.07, 6.45) is 4.55. The Morgan fingerprint density at radius 3 is 2.91 bits per heavy atom. The van der Waals surface area contributed by atoms with E-state index < -0.39 is 14.4 Å². The Hall–Kier alpha value is -0.793. The third kappa shape index (κ3) is 5.36. The fraction of sp³-hybridized carbons (Fsp3) is 0.500. The molecule has 4 nitrogen and oxygen atoms in total. The van der Waals surface area contributed by atoms with E-state index in [0.29, 0.717) is 12.2 Å². The highest BCUT2D eigenvalue weighted by Crippen LogP contribution is 2.31. The minimum absolute atomic E-state index is 0.284. The lowest BCUT2D eigenvalue weighted by Crippen LogP contribution is -2.29. The first-order valence-corrected chi connectivity index (χ1v) is 12.1. The quantitative estimate of drug-likeness (QED) is 0.535. The standard InChI is InChI=1S/C16H23ClN2O2SSi/c1-4-5-6-23(2,3)21-9-12-7-14(22-10-12)15(20)13-8-18-11-19-16(13)17/h7-8,10-11,15,20H,4-6,9H2,1-3H3. The molecule has 2 aromatic heterocycles. The minimum Gasteiger partial charge on any atom is -0.413 e. The topological polar surface area (TPSA) is 55.2 Å². The summed E-state index contributed by atoms with van der Waals surface area (Å²) in [6, 6.07) is 3.16. The van der Waals surface area contributed by atoms with Gasteiger partial charge in [0.1, 0.15) is 17.6 Å². The van der Waals surface area contributed by atoms with Gasteiger partial charge in [-0.25, -0.2) is 9.97 Å². The first-order chi connectivity index (χ1) is 10.9. The lowest BCUT2D eigenvalue weighted by Gasteiger charge is -2.22. The van der Waals surface area contributed by atoms with Crippen molar-refractivity contribution in [1.82, 2.24) is 9.97 Å². The van der Waals surface area contributed by atoms with E-state index in [1.807, 2.05) is 11.4 Å². The smallest absolute Gasteiger partial charge is 0.187 e. The van der Waals surface area contributed by atoms with E-state index in [1.54, 1.807) is 6.20 Å². The molecule has 0 aliphatic rings. The van der Waals surface area contributed by atoms with Crippen LogP contribution < -0.4 is 0 Å². The van der Waals surface area contributed by atoms with Gasteiger partial charge >= 0.3 is 0 Å². The van der Waals surface area contributed by atoms with Gasteiger partial charge in [0.15, 0.2) is 8.32 Å². The molecule has 0 amide bonds. The molecule has 2 heterocycles. The van der Waals surface area contributed by atoms with Crippen LogP contribution in [0.3, 0.4) is 0 Å². The van der Waals surface area contributed by atoms with Crippen molar-refractivity contribution >= 4 is 31.3 Å². The van der Waals surface area contributed by atoms with Crippen molar-refractivity contribution in [3.05, 3.63) is 45.1 Å². The summed E-state index contributed by atoms with van der Waals surface area (Å²) in [7, 11) is -1.60. The van der Waals surface area contributed by atoms with Gasteiger partial charge in [-0.05, 0) is 36.1 Å². The maximum Gasteiger partial charge on any atom is 0.187 e. The number of thiophene rings is 1. The molecule has 7 heteroatoms. The van der Waals surface area contributed by atoms with Crippen molar-refractivity contribution in [2.75, 3.05) is 0 Å². The lowest BCUT2D eigenvalue weighted by molar-refractivity contribution is 0.223. The van der Waals surface area contributed by atoms with E-state index in [4.69, 9.17) is 16.0 Å². The SMILES string of the molecule is CCCC[Si](C)(C)OCc1csc(C(O)c2cncnc2Cl)c1. The fourth-order valence-electron chi connectivity index (χ4n) is 2.23. The molecule has 0 saturated carbocycles. The summed E-state index contributed by atoms with van der Waals surface area (Å²) in [5.41, 5.74) is 1.62. The highest BCUT2D eigenvalue weighted by atomic mass is 35.5. The Labute approximate surface area is 147 Å². The van der Waals surface area contributed by atoms with Gasteiger partial charge in [0.05, 0.1) is 6.61 Å². The molecular formula is C16H23ClN2O2SSi. The van der Waals surface area contributed by atoms with Gasteiger partial charge in [-0.15, -0.1) is 11.3 Å². The zero-order valence-electron chi connectivity index (χ0n) is 13.8. The minimum atomic E-state index is -1.60. The second kappa shape index (κ2) is 8.35. The molecule has 0 aliphatic carbocycles. The summed E-state index contributed by atoms with van der Waals surface area (Å²) in [5.74, 6) is 0. The van der Waals surface area contributed by atoms with Crippen LogP contribution in [0.25, 0.3) is 0 Å². The van der Waals surface area contributed by atoms with Gasteiger partial charge in [-0.3, -0.25) is 0 Å². The number of nitrogens with zero attached hydrogens (tertiary/aromatic N) is 2. The summed E-state index contributed by atoms with van der Waals surface area (Å²) >= 11 is 7.52. The van der Waals surface area contributed by atoms with Crippen LogP contribution in [0.1, 0.15) is 41.9 Å². The largest absolute Gasteiger partial charge is 0.413 e. The first kappa shape index (κ1) is 18.5. The molecule has 1 atom stereocenters. The Bertz CT molecular complexity index is 636. The Balaban J connectivity index is 1.99. The molecule has 2 rings (SSSR count).